The summed E-state index contributed by atoms with van der Waals surface area (Å²) in [5, 5.41) is 0. The molecule has 1 unspecified atom stereocenters. The highest BCUT2D eigenvalue weighted by Gasteiger charge is 2.26. The van der Waals surface area contributed by atoms with E-state index in [4.69, 9.17) is 11.6 Å². The molecular formula is C12H12BrClFNO. The van der Waals surface area contributed by atoms with Crippen molar-refractivity contribution in [2.24, 2.45) is 5.92 Å². The van der Waals surface area contributed by atoms with E-state index in [0.717, 1.165) is 13.0 Å². The molecule has 2 nitrogen and oxygen atoms in total. The third kappa shape index (κ3) is 2.80. The second kappa shape index (κ2) is 5.36. The van der Waals surface area contributed by atoms with Gasteiger partial charge in [0.05, 0.1) is 4.47 Å². The number of halogens is 3. The van der Waals surface area contributed by atoms with Crippen LogP contribution in [-0.2, 0) is 0 Å². The van der Waals surface area contributed by atoms with Crippen LogP contribution in [0.25, 0.3) is 0 Å². The summed E-state index contributed by atoms with van der Waals surface area (Å²) in [6.45, 7) is 1.42. The molecule has 1 aliphatic heterocycles. The summed E-state index contributed by atoms with van der Waals surface area (Å²) in [5.41, 5.74) is 0.508. The van der Waals surface area contributed by atoms with E-state index < -0.39 is 0 Å². The molecule has 1 aromatic rings. The normalized spacial score (nSPS) is 19.7. The zero-order chi connectivity index (χ0) is 12.4. The molecular weight excluding hydrogens is 308 g/mol. The molecule has 1 aliphatic rings. The Labute approximate surface area is 113 Å². The lowest BCUT2D eigenvalue weighted by Gasteiger charge is -2.16. The van der Waals surface area contributed by atoms with Crippen molar-refractivity contribution in [2.75, 3.05) is 19.0 Å². The van der Waals surface area contributed by atoms with Gasteiger partial charge >= 0.3 is 0 Å². The van der Waals surface area contributed by atoms with Crippen molar-refractivity contribution in [1.82, 2.24) is 4.90 Å². The molecule has 0 saturated carbocycles. The van der Waals surface area contributed by atoms with E-state index in [2.05, 4.69) is 15.9 Å². The maximum atomic E-state index is 13.1. The highest BCUT2D eigenvalue weighted by atomic mass is 79.9. The molecule has 0 radical (unpaired) electrons. The number of amides is 1. The minimum absolute atomic E-state index is 0.0571. The van der Waals surface area contributed by atoms with Crippen molar-refractivity contribution in [3.05, 3.63) is 34.1 Å². The van der Waals surface area contributed by atoms with Gasteiger partial charge in [-0.25, -0.2) is 4.39 Å². The molecule has 1 atom stereocenters. The number of nitrogens with zero attached hydrogens (tertiary/aromatic N) is 1. The van der Waals surface area contributed by atoms with Gasteiger partial charge in [0.2, 0.25) is 0 Å². The summed E-state index contributed by atoms with van der Waals surface area (Å²) >= 11 is 8.86. The minimum Gasteiger partial charge on any atom is -0.338 e. The summed E-state index contributed by atoms with van der Waals surface area (Å²) < 4.78 is 13.4. The maximum Gasteiger partial charge on any atom is 0.253 e. The van der Waals surface area contributed by atoms with Gasteiger partial charge in [-0.3, -0.25) is 4.79 Å². The molecule has 1 saturated heterocycles. The van der Waals surface area contributed by atoms with Crippen molar-refractivity contribution >= 4 is 33.4 Å². The molecule has 0 bridgehead atoms. The van der Waals surface area contributed by atoms with Crippen LogP contribution in [0.1, 0.15) is 16.8 Å². The number of carbonyl (C=O) groups excluding carboxylic acids is 1. The molecule has 1 heterocycles. The summed E-state index contributed by atoms with van der Waals surface area (Å²) in [4.78, 5) is 13.9. The standard InChI is InChI=1S/C12H12BrClFNO/c13-10-5-9(1-2-11(10)15)12(17)16-4-3-8(6-14)7-16/h1-2,5,8H,3-4,6-7H2. The Hall–Kier alpha value is -0.610. The zero-order valence-corrected chi connectivity index (χ0v) is 11.5. The predicted octanol–water partition coefficient (Wildman–Crippen LogP) is 3.29. The fourth-order valence-electron chi connectivity index (χ4n) is 1.95. The van der Waals surface area contributed by atoms with E-state index in [9.17, 15) is 9.18 Å². The first-order valence-electron chi connectivity index (χ1n) is 5.42. The highest BCUT2D eigenvalue weighted by Crippen LogP contribution is 2.22. The molecule has 0 aromatic heterocycles. The molecule has 92 valence electrons. The first-order valence-corrected chi connectivity index (χ1v) is 6.75. The molecule has 1 amide bonds. The van der Waals surface area contributed by atoms with E-state index in [0.29, 0.717) is 28.4 Å². The van der Waals surface area contributed by atoms with E-state index in [1.807, 2.05) is 0 Å². The number of alkyl halides is 1. The molecule has 0 spiro atoms. The van der Waals surface area contributed by atoms with E-state index in [-0.39, 0.29) is 11.7 Å². The number of hydrogen-bond acceptors (Lipinski definition) is 1. The quantitative estimate of drug-likeness (QED) is 0.766. The van der Waals surface area contributed by atoms with Crippen LogP contribution in [0.4, 0.5) is 4.39 Å². The average molecular weight is 321 g/mol. The second-order valence-corrected chi connectivity index (χ2v) is 5.35. The van der Waals surface area contributed by atoms with Gasteiger partial charge in [-0.15, -0.1) is 11.6 Å². The number of rotatable bonds is 2. The number of hydrogen-bond donors (Lipinski definition) is 0. The van der Waals surface area contributed by atoms with Crippen molar-refractivity contribution in [1.29, 1.82) is 0 Å². The molecule has 1 aromatic carbocycles. The van der Waals surface area contributed by atoms with Crippen molar-refractivity contribution in [3.63, 3.8) is 0 Å². The van der Waals surface area contributed by atoms with Gasteiger partial charge in [-0.1, -0.05) is 0 Å². The van der Waals surface area contributed by atoms with Gasteiger partial charge in [0.1, 0.15) is 5.82 Å². The number of benzene rings is 1. The van der Waals surface area contributed by atoms with Crippen molar-refractivity contribution in [2.45, 2.75) is 6.42 Å². The molecule has 17 heavy (non-hydrogen) atoms. The van der Waals surface area contributed by atoms with Crippen LogP contribution in [0.15, 0.2) is 22.7 Å². The van der Waals surface area contributed by atoms with Crippen molar-refractivity contribution < 1.29 is 9.18 Å². The zero-order valence-electron chi connectivity index (χ0n) is 9.13. The number of likely N-dealkylation sites (tertiary alicyclic amines) is 1. The lowest BCUT2D eigenvalue weighted by atomic mass is 10.1. The van der Waals surface area contributed by atoms with E-state index >= 15 is 0 Å². The third-order valence-electron chi connectivity index (χ3n) is 2.96. The Bertz CT molecular complexity index is 441. The van der Waals surface area contributed by atoms with Gasteiger partial charge in [-0.2, -0.15) is 0 Å². The van der Waals surface area contributed by atoms with Gasteiger partial charge in [-0.05, 0) is 46.5 Å². The highest BCUT2D eigenvalue weighted by molar-refractivity contribution is 9.10. The van der Waals surface area contributed by atoms with Crippen LogP contribution in [0, 0.1) is 11.7 Å². The fraction of sp³-hybridized carbons (Fsp3) is 0.417. The summed E-state index contributed by atoms with van der Waals surface area (Å²) in [7, 11) is 0. The van der Waals surface area contributed by atoms with Gasteiger partial charge in [0.25, 0.3) is 5.91 Å². The Balaban J connectivity index is 2.12. The Morgan fingerprint density at radius 1 is 1.59 bits per heavy atom. The predicted molar refractivity (Wildman–Crippen MR) is 68.8 cm³/mol. The summed E-state index contributed by atoms with van der Waals surface area (Å²) in [6.07, 6.45) is 0.942. The van der Waals surface area contributed by atoms with E-state index in [1.165, 1.54) is 18.2 Å². The summed E-state index contributed by atoms with van der Waals surface area (Å²) in [5.74, 6) is 0.543. The van der Waals surface area contributed by atoms with Crippen LogP contribution in [0.2, 0.25) is 0 Å². The van der Waals surface area contributed by atoms with Crippen LogP contribution in [-0.4, -0.2) is 29.8 Å². The lowest BCUT2D eigenvalue weighted by Crippen LogP contribution is -2.28. The summed E-state index contributed by atoms with van der Waals surface area (Å²) in [6, 6.07) is 4.33. The largest absolute Gasteiger partial charge is 0.338 e. The molecule has 2 rings (SSSR count). The monoisotopic (exact) mass is 319 g/mol. The second-order valence-electron chi connectivity index (χ2n) is 4.19. The first kappa shape index (κ1) is 12.8. The van der Waals surface area contributed by atoms with Gasteiger partial charge < -0.3 is 4.90 Å². The smallest absolute Gasteiger partial charge is 0.253 e. The lowest BCUT2D eigenvalue weighted by molar-refractivity contribution is 0.0788. The first-order chi connectivity index (χ1) is 8.11. The number of carbonyl (C=O) groups is 1. The van der Waals surface area contributed by atoms with Gasteiger partial charge in [0, 0.05) is 24.5 Å². The average Bonchev–Trinajstić information content (AvgIpc) is 2.80. The van der Waals surface area contributed by atoms with Crippen LogP contribution in [0.5, 0.6) is 0 Å². The molecule has 0 aliphatic carbocycles. The Kier molecular flexibility index (Phi) is 4.05. The van der Waals surface area contributed by atoms with E-state index in [1.54, 1.807) is 4.90 Å². The minimum atomic E-state index is -0.360. The van der Waals surface area contributed by atoms with Crippen LogP contribution < -0.4 is 0 Å². The maximum absolute atomic E-state index is 13.1. The SMILES string of the molecule is O=C(c1ccc(F)c(Br)c1)N1CCC(CCl)C1. The fourth-order valence-corrected chi connectivity index (χ4v) is 2.59. The molecule has 0 N–H and O–H groups in total. The van der Waals surface area contributed by atoms with Crippen molar-refractivity contribution in [3.8, 4) is 0 Å². The Morgan fingerprint density at radius 3 is 2.94 bits per heavy atom. The third-order valence-corrected chi connectivity index (χ3v) is 4.00. The van der Waals surface area contributed by atoms with Crippen LogP contribution in [0.3, 0.4) is 0 Å². The topological polar surface area (TPSA) is 20.3 Å². The Morgan fingerprint density at radius 2 is 2.35 bits per heavy atom. The van der Waals surface area contributed by atoms with Gasteiger partial charge in [0.15, 0.2) is 0 Å². The van der Waals surface area contributed by atoms with Crippen LogP contribution >= 0.6 is 27.5 Å². The molecule has 1 fully saturated rings. The molecule has 5 heteroatoms.